The first-order valence-corrected chi connectivity index (χ1v) is 10.6. The van der Waals surface area contributed by atoms with Crippen molar-refractivity contribution in [3.63, 3.8) is 0 Å². The number of rotatable bonds is 1. The Morgan fingerprint density at radius 1 is 0.484 bits per heavy atom. The lowest BCUT2D eigenvalue weighted by molar-refractivity contribution is 0.465. The summed E-state index contributed by atoms with van der Waals surface area (Å²) in [5.41, 5.74) is 5.75. The molecule has 2 aliphatic rings. The van der Waals surface area contributed by atoms with Gasteiger partial charge in [-0.2, -0.15) is 0 Å². The molecule has 144 valence electrons. The van der Waals surface area contributed by atoms with E-state index in [-0.39, 0.29) is 6.71 Å². The van der Waals surface area contributed by atoms with Crippen LogP contribution in [-0.4, -0.2) is 6.71 Å². The Labute approximate surface area is 180 Å². The molecule has 3 heteroatoms. The van der Waals surface area contributed by atoms with Crippen LogP contribution in [0.15, 0.2) is 103 Å². The van der Waals surface area contributed by atoms with Crippen LogP contribution in [0.2, 0.25) is 0 Å². The van der Waals surface area contributed by atoms with Crippen LogP contribution in [-0.2, 0) is 0 Å². The van der Waals surface area contributed by atoms with Gasteiger partial charge in [-0.05, 0) is 51.5 Å². The Morgan fingerprint density at radius 2 is 1.16 bits per heavy atom. The molecular formula is C28H17BO2. The summed E-state index contributed by atoms with van der Waals surface area (Å²) >= 11 is 0. The molecule has 0 N–H and O–H groups in total. The predicted molar refractivity (Wildman–Crippen MR) is 127 cm³/mol. The van der Waals surface area contributed by atoms with Gasteiger partial charge < -0.3 is 9.47 Å². The lowest BCUT2D eigenvalue weighted by atomic mass is 9.34. The summed E-state index contributed by atoms with van der Waals surface area (Å²) < 4.78 is 12.9. The number of fused-ring (bicyclic) bond motifs is 5. The molecule has 0 radical (unpaired) electrons. The molecular weight excluding hydrogens is 379 g/mol. The molecule has 0 amide bonds. The Hall–Kier alpha value is -3.98. The second-order valence-corrected chi connectivity index (χ2v) is 8.09. The van der Waals surface area contributed by atoms with Gasteiger partial charge in [0.1, 0.15) is 23.0 Å². The van der Waals surface area contributed by atoms with Crippen LogP contribution in [0.3, 0.4) is 0 Å². The molecule has 7 rings (SSSR count). The minimum absolute atomic E-state index is 0.0924. The highest BCUT2D eigenvalue weighted by Gasteiger charge is 2.40. The van der Waals surface area contributed by atoms with Gasteiger partial charge in [-0.15, -0.1) is 0 Å². The van der Waals surface area contributed by atoms with E-state index in [1.54, 1.807) is 0 Å². The third kappa shape index (κ3) is 2.35. The standard InChI is InChI=1S/C28H17BO2/c1-2-10-19-18(8-1)9-7-11-20(19)21-16-17-26-27-28(21)31-25-15-6-4-13-23(25)29(27)22-12-3-5-14-24(22)30-26/h1-17H. The molecule has 2 aliphatic heterocycles. The lowest BCUT2D eigenvalue weighted by Gasteiger charge is -2.34. The van der Waals surface area contributed by atoms with Gasteiger partial charge in [0.2, 0.25) is 0 Å². The molecule has 5 aromatic rings. The highest BCUT2D eigenvalue weighted by Crippen LogP contribution is 2.42. The summed E-state index contributed by atoms with van der Waals surface area (Å²) in [4.78, 5) is 0. The van der Waals surface area contributed by atoms with Gasteiger partial charge in [0, 0.05) is 11.0 Å². The maximum atomic E-state index is 6.59. The summed E-state index contributed by atoms with van der Waals surface area (Å²) in [6.45, 7) is 0.0924. The lowest BCUT2D eigenvalue weighted by Crippen LogP contribution is -2.57. The Kier molecular flexibility index (Phi) is 3.39. The molecule has 0 saturated heterocycles. The fourth-order valence-electron chi connectivity index (χ4n) is 5.06. The van der Waals surface area contributed by atoms with Crippen molar-refractivity contribution in [2.75, 3.05) is 0 Å². The Morgan fingerprint density at radius 3 is 2.00 bits per heavy atom. The number of para-hydroxylation sites is 2. The summed E-state index contributed by atoms with van der Waals surface area (Å²) in [6.07, 6.45) is 0. The first-order valence-electron chi connectivity index (χ1n) is 10.6. The summed E-state index contributed by atoms with van der Waals surface area (Å²) in [6, 6.07) is 35.9. The van der Waals surface area contributed by atoms with Crippen molar-refractivity contribution in [1.29, 1.82) is 0 Å². The van der Waals surface area contributed by atoms with Crippen LogP contribution in [0.25, 0.3) is 21.9 Å². The topological polar surface area (TPSA) is 18.5 Å². The van der Waals surface area contributed by atoms with Crippen molar-refractivity contribution in [3.8, 4) is 34.1 Å². The molecule has 0 fully saturated rings. The van der Waals surface area contributed by atoms with Crippen LogP contribution in [0, 0.1) is 0 Å². The zero-order valence-electron chi connectivity index (χ0n) is 16.7. The molecule has 0 bridgehead atoms. The molecule has 0 spiro atoms. The second kappa shape index (κ2) is 6.26. The highest BCUT2D eigenvalue weighted by atomic mass is 16.5. The van der Waals surface area contributed by atoms with Crippen LogP contribution < -0.4 is 25.9 Å². The van der Waals surface area contributed by atoms with Gasteiger partial charge >= 0.3 is 0 Å². The normalized spacial score (nSPS) is 13.0. The van der Waals surface area contributed by atoms with Crippen molar-refractivity contribution in [2.24, 2.45) is 0 Å². The van der Waals surface area contributed by atoms with E-state index < -0.39 is 0 Å². The molecule has 2 nitrogen and oxygen atoms in total. The fraction of sp³-hybridized carbons (Fsp3) is 0. The van der Waals surface area contributed by atoms with Crippen molar-refractivity contribution >= 4 is 33.9 Å². The highest BCUT2D eigenvalue weighted by molar-refractivity contribution is 6.98. The zero-order valence-corrected chi connectivity index (χ0v) is 16.7. The molecule has 0 aromatic heterocycles. The van der Waals surface area contributed by atoms with E-state index in [0.717, 1.165) is 34.0 Å². The number of hydrogen-bond donors (Lipinski definition) is 0. The van der Waals surface area contributed by atoms with E-state index in [1.807, 2.05) is 12.1 Å². The zero-order chi connectivity index (χ0) is 20.4. The van der Waals surface area contributed by atoms with Gasteiger partial charge in [0.25, 0.3) is 6.71 Å². The van der Waals surface area contributed by atoms with Crippen LogP contribution in [0.1, 0.15) is 0 Å². The van der Waals surface area contributed by atoms with Crippen LogP contribution in [0.4, 0.5) is 0 Å². The third-order valence-corrected chi connectivity index (χ3v) is 6.42. The van der Waals surface area contributed by atoms with Crippen molar-refractivity contribution in [2.45, 2.75) is 0 Å². The fourth-order valence-corrected chi connectivity index (χ4v) is 5.06. The third-order valence-electron chi connectivity index (χ3n) is 6.42. The first-order chi connectivity index (χ1) is 15.4. The Bertz CT molecular complexity index is 1490. The smallest absolute Gasteiger partial charge is 0.260 e. The van der Waals surface area contributed by atoms with Gasteiger partial charge in [-0.25, -0.2) is 0 Å². The van der Waals surface area contributed by atoms with Crippen molar-refractivity contribution < 1.29 is 9.47 Å². The van der Waals surface area contributed by atoms with E-state index >= 15 is 0 Å². The van der Waals surface area contributed by atoms with Crippen molar-refractivity contribution in [3.05, 3.63) is 103 Å². The van der Waals surface area contributed by atoms with Gasteiger partial charge in [0.05, 0.1) is 0 Å². The number of ether oxygens (including phenoxy) is 2. The number of benzene rings is 5. The minimum Gasteiger partial charge on any atom is -0.458 e. The average molecular weight is 396 g/mol. The van der Waals surface area contributed by atoms with E-state index in [9.17, 15) is 0 Å². The van der Waals surface area contributed by atoms with Crippen molar-refractivity contribution in [1.82, 2.24) is 0 Å². The largest absolute Gasteiger partial charge is 0.458 e. The maximum absolute atomic E-state index is 6.59. The molecule has 5 aromatic carbocycles. The van der Waals surface area contributed by atoms with E-state index in [2.05, 4.69) is 91.0 Å². The van der Waals surface area contributed by atoms with Crippen LogP contribution in [0.5, 0.6) is 23.0 Å². The monoisotopic (exact) mass is 396 g/mol. The minimum atomic E-state index is 0.0924. The summed E-state index contributed by atoms with van der Waals surface area (Å²) in [5.74, 6) is 3.60. The molecule has 0 aliphatic carbocycles. The SMILES string of the molecule is c1ccc2c(c1)Oc1ccc(-c3cccc4ccccc34)c3c1B2c1ccccc1O3. The van der Waals surface area contributed by atoms with E-state index in [1.165, 1.54) is 27.3 Å². The van der Waals surface area contributed by atoms with Gasteiger partial charge in [0.15, 0.2) is 0 Å². The van der Waals surface area contributed by atoms with Gasteiger partial charge in [-0.3, -0.25) is 0 Å². The maximum Gasteiger partial charge on any atom is 0.260 e. The quantitative estimate of drug-likeness (QED) is 0.354. The Balaban J connectivity index is 1.56. The summed E-state index contributed by atoms with van der Waals surface area (Å²) in [7, 11) is 0. The number of hydrogen-bond acceptors (Lipinski definition) is 2. The van der Waals surface area contributed by atoms with E-state index in [4.69, 9.17) is 9.47 Å². The molecule has 2 heterocycles. The summed E-state index contributed by atoms with van der Waals surface area (Å²) in [5, 5.41) is 2.44. The average Bonchev–Trinajstić information content (AvgIpc) is 2.84. The van der Waals surface area contributed by atoms with Crippen LogP contribution >= 0.6 is 0 Å². The van der Waals surface area contributed by atoms with Gasteiger partial charge in [-0.1, -0.05) is 78.9 Å². The molecule has 0 saturated carbocycles. The second-order valence-electron chi connectivity index (χ2n) is 8.09. The molecule has 31 heavy (non-hydrogen) atoms. The molecule has 0 atom stereocenters. The first kappa shape index (κ1) is 16.8. The molecule has 0 unspecified atom stereocenters. The van der Waals surface area contributed by atoms with E-state index in [0.29, 0.717) is 0 Å². The predicted octanol–water partition coefficient (Wildman–Crippen LogP) is 5.23.